The van der Waals surface area contributed by atoms with Crippen LogP contribution in [0.4, 0.5) is 5.69 Å². The first kappa shape index (κ1) is 10.2. The van der Waals surface area contributed by atoms with E-state index < -0.39 is 0 Å². The molecule has 0 fully saturated rings. The van der Waals surface area contributed by atoms with E-state index in [9.17, 15) is 0 Å². The summed E-state index contributed by atoms with van der Waals surface area (Å²) in [6.07, 6.45) is 0. The highest BCUT2D eigenvalue weighted by molar-refractivity contribution is 7.11. The molecular formula is C11H15N3S. The van der Waals surface area contributed by atoms with Crippen molar-refractivity contribution in [1.82, 2.24) is 5.32 Å². The highest BCUT2D eigenvalue weighted by Gasteiger charge is 2.25. The van der Waals surface area contributed by atoms with E-state index in [-0.39, 0.29) is 5.41 Å². The van der Waals surface area contributed by atoms with E-state index in [1.807, 2.05) is 0 Å². The molecule has 3 nitrogen and oxygen atoms in total. The van der Waals surface area contributed by atoms with Crippen LogP contribution in [0.1, 0.15) is 31.2 Å². The Morgan fingerprint density at radius 2 is 2.13 bits per heavy atom. The largest absolute Gasteiger partial charge is 0.369 e. The zero-order valence-electron chi connectivity index (χ0n) is 9.22. The lowest BCUT2D eigenvalue weighted by atomic mass is 9.92. The van der Waals surface area contributed by atoms with Gasteiger partial charge in [-0.2, -0.15) is 0 Å². The Labute approximate surface area is 93.7 Å². The highest BCUT2D eigenvalue weighted by atomic mass is 32.1. The van der Waals surface area contributed by atoms with E-state index in [1.54, 1.807) is 11.3 Å². The molecule has 3 N–H and O–H groups in total. The predicted molar refractivity (Wildman–Crippen MR) is 66.5 cm³/mol. The van der Waals surface area contributed by atoms with Crippen molar-refractivity contribution >= 4 is 28.7 Å². The second kappa shape index (κ2) is 3.10. The first-order valence-corrected chi connectivity index (χ1v) is 5.70. The van der Waals surface area contributed by atoms with Crippen LogP contribution in [0.5, 0.6) is 0 Å². The Morgan fingerprint density at radius 3 is 2.73 bits per heavy atom. The third-order valence-corrected chi connectivity index (χ3v) is 3.68. The molecule has 4 heteroatoms. The molecule has 0 radical (unpaired) electrons. The summed E-state index contributed by atoms with van der Waals surface area (Å²) in [5.41, 5.74) is 8.68. The molecule has 15 heavy (non-hydrogen) atoms. The number of hydrogen-bond acceptors (Lipinski definition) is 4. The first-order valence-electron chi connectivity index (χ1n) is 4.82. The highest BCUT2D eigenvalue weighted by Crippen LogP contribution is 2.42. The Hall–Kier alpha value is -1.29. The summed E-state index contributed by atoms with van der Waals surface area (Å²) in [5, 5.41) is 5.02. The van der Waals surface area contributed by atoms with Crippen molar-refractivity contribution in [2.45, 2.75) is 26.2 Å². The average Bonchev–Trinajstić information content (AvgIpc) is 2.45. The Kier molecular flexibility index (Phi) is 2.12. The number of hydrogen-bond donors (Lipinski definition) is 2. The lowest BCUT2D eigenvalue weighted by Gasteiger charge is -2.20. The van der Waals surface area contributed by atoms with Crippen LogP contribution >= 0.6 is 11.3 Å². The van der Waals surface area contributed by atoms with Crippen LogP contribution < -0.4 is 11.1 Å². The molecule has 2 heterocycles. The van der Waals surface area contributed by atoms with Gasteiger partial charge in [0.25, 0.3) is 0 Å². The molecule has 1 aromatic rings. The fraction of sp³-hybridized carbons (Fsp3) is 0.364. The third-order valence-electron chi connectivity index (χ3n) is 2.28. The van der Waals surface area contributed by atoms with E-state index >= 15 is 0 Å². The van der Waals surface area contributed by atoms with Crippen molar-refractivity contribution in [1.29, 1.82) is 0 Å². The molecular weight excluding hydrogens is 206 g/mol. The van der Waals surface area contributed by atoms with E-state index in [1.165, 1.54) is 4.88 Å². The van der Waals surface area contributed by atoms with Gasteiger partial charge in [-0.15, -0.1) is 11.3 Å². The van der Waals surface area contributed by atoms with E-state index in [0.717, 1.165) is 16.9 Å². The molecule has 0 bridgehead atoms. The number of fused-ring (bicyclic) bond motifs is 1. The summed E-state index contributed by atoms with van der Waals surface area (Å²) in [6, 6.07) is 0. The van der Waals surface area contributed by atoms with Crippen molar-refractivity contribution in [3.63, 3.8) is 0 Å². The van der Waals surface area contributed by atoms with Gasteiger partial charge in [-0.1, -0.05) is 27.4 Å². The second-order valence-corrected chi connectivity index (χ2v) is 5.56. The molecule has 0 amide bonds. The number of nitrogens with one attached hydrogen (secondary N) is 1. The van der Waals surface area contributed by atoms with Gasteiger partial charge in [0, 0.05) is 21.5 Å². The van der Waals surface area contributed by atoms with Gasteiger partial charge in [-0.3, -0.25) is 0 Å². The fourth-order valence-electron chi connectivity index (χ4n) is 1.58. The molecule has 0 saturated carbocycles. The minimum atomic E-state index is 0.0969. The lowest BCUT2D eigenvalue weighted by Crippen LogP contribution is -2.31. The van der Waals surface area contributed by atoms with Crippen molar-refractivity contribution in [3.8, 4) is 0 Å². The fourth-order valence-corrected chi connectivity index (χ4v) is 2.69. The molecule has 2 rings (SSSR count). The van der Waals surface area contributed by atoms with E-state index in [4.69, 9.17) is 5.73 Å². The van der Waals surface area contributed by atoms with Crippen LogP contribution in [0.15, 0.2) is 17.0 Å². The van der Waals surface area contributed by atoms with Crippen molar-refractivity contribution in [2.24, 2.45) is 10.7 Å². The van der Waals surface area contributed by atoms with E-state index in [0.29, 0.717) is 5.96 Å². The molecule has 1 aliphatic rings. The van der Waals surface area contributed by atoms with Crippen LogP contribution in [-0.4, -0.2) is 5.96 Å². The number of thiophene rings is 1. The minimum Gasteiger partial charge on any atom is -0.369 e. The number of nitrogens with zero attached hydrogens (tertiary/aromatic N) is 1. The van der Waals surface area contributed by atoms with Crippen molar-refractivity contribution < 1.29 is 0 Å². The lowest BCUT2D eigenvalue weighted by molar-refractivity contribution is 0.604. The molecule has 80 valence electrons. The standard InChI is InChI=1S/C11H15N3S/c1-6-7-5-15-9(11(2,3)4)8(7)14-10(12)13-6/h5H,1H2,2-4H3,(H3,12,13,14). The summed E-state index contributed by atoms with van der Waals surface area (Å²) in [6.45, 7) is 10.5. The van der Waals surface area contributed by atoms with Gasteiger partial charge in [0.1, 0.15) is 0 Å². The zero-order chi connectivity index (χ0) is 11.2. The molecule has 0 spiro atoms. The molecule has 1 aliphatic heterocycles. The molecule has 0 aromatic carbocycles. The van der Waals surface area contributed by atoms with Gasteiger partial charge in [-0.25, -0.2) is 4.99 Å². The quantitative estimate of drug-likeness (QED) is 0.707. The Balaban J connectivity index is 2.62. The SMILES string of the molecule is C=C1NC(N)=Nc2c1csc2C(C)(C)C. The van der Waals surface area contributed by atoms with Crippen molar-refractivity contribution in [3.05, 3.63) is 22.4 Å². The normalized spacial score (nSPS) is 15.7. The van der Waals surface area contributed by atoms with Crippen LogP contribution in [0, 0.1) is 0 Å². The Morgan fingerprint density at radius 1 is 1.47 bits per heavy atom. The maximum absolute atomic E-state index is 5.69. The minimum absolute atomic E-state index is 0.0969. The van der Waals surface area contributed by atoms with Gasteiger partial charge in [0.15, 0.2) is 5.96 Å². The van der Waals surface area contributed by atoms with Crippen LogP contribution in [0.2, 0.25) is 0 Å². The van der Waals surface area contributed by atoms with Crippen LogP contribution in [-0.2, 0) is 5.41 Å². The predicted octanol–water partition coefficient (Wildman–Crippen LogP) is 2.57. The summed E-state index contributed by atoms with van der Waals surface area (Å²) in [7, 11) is 0. The van der Waals surface area contributed by atoms with Crippen molar-refractivity contribution in [2.75, 3.05) is 0 Å². The first-order chi connectivity index (χ1) is 6.89. The monoisotopic (exact) mass is 221 g/mol. The molecule has 0 atom stereocenters. The van der Waals surface area contributed by atoms with Gasteiger partial charge in [0.05, 0.1) is 5.69 Å². The maximum atomic E-state index is 5.69. The second-order valence-electron chi connectivity index (χ2n) is 4.68. The molecule has 1 aromatic heterocycles. The Bertz CT molecular complexity index is 449. The topological polar surface area (TPSA) is 50.4 Å². The van der Waals surface area contributed by atoms with Gasteiger partial charge >= 0.3 is 0 Å². The third kappa shape index (κ3) is 1.65. The number of nitrogens with two attached hydrogens (primary N) is 1. The number of rotatable bonds is 0. The molecule has 0 saturated heterocycles. The average molecular weight is 221 g/mol. The van der Waals surface area contributed by atoms with Gasteiger partial charge in [0.2, 0.25) is 0 Å². The summed E-state index contributed by atoms with van der Waals surface area (Å²) >= 11 is 1.71. The van der Waals surface area contributed by atoms with Gasteiger partial charge < -0.3 is 11.1 Å². The number of aliphatic imine (C=N–C) groups is 1. The summed E-state index contributed by atoms with van der Waals surface area (Å²) < 4.78 is 0. The molecule has 0 aliphatic carbocycles. The molecule has 0 unspecified atom stereocenters. The van der Waals surface area contributed by atoms with Gasteiger partial charge in [-0.05, 0) is 5.41 Å². The van der Waals surface area contributed by atoms with Crippen LogP contribution in [0.25, 0.3) is 5.70 Å². The zero-order valence-corrected chi connectivity index (χ0v) is 10.0. The summed E-state index contributed by atoms with van der Waals surface area (Å²) in [4.78, 5) is 5.61. The van der Waals surface area contributed by atoms with Crippen LogP contribution in [0.3, 0.4) is 0 Å². The number of guanidine groups is 1. The van der Waals surface area contributed by atoms with E-state index in [2.05, 4.69) is 43.0 Å². The summed E-state index contributed by atoms with van der Waals surface area (Å²) in [5.74, 6) is 0.427. The smallest absolute Gasteiger partial charge is 0.198 e. The maximum Gasteiger partial charge on any atom is 0.198 e.